The molecule has 0 unspecified atom stereocenters. The first-order valence-electron chi connectivity index (χ1n) is 6.51. The van der Waals surface area contributed by atoms with Crippen LogP contribution in [0.5, 0.6) is 5.75 Å². The van der Waals surface area contributed by atoms with Crippen molar-refractivity contribution in [3.05, 3.63) is 22.7 Å². The molecule has 0 spiro atoms. The molecule has 0 heterocycles. The van der Waals surface area contributed by atoms with E-state index in [9.17, 15) is 4.79 Å². The molecule has 1 saturated carbocycles. The van der Waals surface area contributed by atoms with E-state index in [0.29, 0.717) is 18.3 Å². The number of hydrogen-bond acceptors (Lipinski definition) is 4. The van der Waals surface area contributed by atoms with E-state index in [1.807, 2.05) is 0 Å². The first kappa shape index (κ1) is 14.0. The summed E-state index contributed by atoms with van der Waals surface area (Å²) in [5.41, 5.74) is 6.40. The van der Waals surface area contributed by atoms with E-state index in [-0.39, 0.29) is 22.9 Å². The largest absolute Gasteiger partial charge is 0.491 e. The number of nitrogen functional groups attached to an aromatic ring is 1. The molecule has 1 fully saturated rings. The summed E-state index contributed by atoms with van der Waals surface area (Å²) >= 11 is 6.00. The summed E-state index contributed by atoms with van der Waals surface area (Å²) in [6.07, 6.45) is 3.65. The Morgan fingerprint density at radius 1 is 1.47 bits per heavy atom. The maximum Gasteiger partial charge on any atom is 0.341 e. The van der Waals surface area contributed by atoms with Crippen LogP contribution >= 0.6 is 11.6 Å². The molecule has 1 aliphatic carbocycles. The number of benzene rings is 1. The van der Waals surface area contributed by atoms with Crippen molar-refractivity contribution in [2.24, 2.45) is 5.92 Å². The molecule has 1 aromatic rings. The molecular formula is C14H18ClNO3. The van der Waals surface area contributed by atoms with Crippen LogP contribution in [0.2, 0.25) is 5.02 Å². The Bertz CT molecular complexity index is 472. The monoisotopic (exact) mass is 283 g/mol. The van der Waals surface area contributed by atoms with Gasteiger partial charge in [-0.15, -0.1) is 0 Å². The van der Waals surface area contributed by atoms with Gasteiger partial charge in [0.15, 0.2) is 0 Å². The van der Waals surface area contributed by atoms with Crippen LogP contribution in [-0.2, 0) is 4.74 Å². The van der Waals surface area contributed by atoms with Crippen molar-refractivity contribution in [3.63, 3.8) is 0 Å². The van der Waals surface area contributed by atoms with Crippen molar-refractivity contribution >= 4 is 23.3 Å². The van der Waals surface area contributed by atoms with Crippen molar-refractivity contribution in [2.75, 3.05) is 18.9 Å². The van der Waals surface area contributed by atoms with Crippen molar-refractivity contribution < 1.29 is 14.3 Å². The number of rotatable bonds is 5. The number of esters is 1. The Morgan fingerprint density at radius 3 is 2.79 bits per heavy atom. The zero-order valence-electron chi connectivity index (χ0n) is 10.9. The van der Waals surface area contributed by atoms with Crippen molar-refractivity contribution in [1.82, 2.24) is 0 Å². The van der Waals surface area contributed by atoms with E-state index >= 15 is 0 Å². The average molecular weight is 284 g/mol. The number of carbonyl (C=O) groups excluding carboxylic acids is 1. The van der Waals surface area contributed by atoms with Gasteiger partial charge in [0.25, 0.3) is 0 Å². The van der Waals surface area contributed by atoms with Gasteiger partial charge in [0.1, 0.15) is 11.3 Å². The molecule has 0 aromatic heterocycles. The van der Waals surface area contributed by atoms with Gasteiger partial charge in [-0.25, -0.2) is 4.79 Å². The lowest BCUT2D eigenvalue weighted by atomic mass is 9.86. The van der Waals surface area contributed by atoms with Crippen LogP contribution in [0.15, 0.2) is 12.1 Å². The molecule has 0 aliphatic heterocycles. The molecule has 4 nitrogen and oxygen atoms in total. The molecule has 1 aliphatic rings. The Balaban J connectivity index is 2.15. The standard InChI is InChI=1S/C14H18ClNO3/c1-2-18-14(17)12-10(15)6-7-11(13(12)16)19-8-9-4-3-5-9/h6-7,9H,2-5,8,16H2,1H3. The summed E-state index contributed by atoms with van der Waals surface area (Å²) in [5, 5.41) is 0.284. The summed E-state index contributed by atoms with van der Waals surface area (Å²) in [6, 6.07) is 3.30. The Morgan fingerprint density at radius 2 is 2.21 bits per heavy atom. The molecule has 1 aromatic carbocycles. The molecule has 0 atom stereocenters. The predicted octanol–water partition coefficient (Wildman–Crippen LogP) is 3.28. The summed E-state index contributed by atoms with van der Waals surface area (Å²) in [5.74, 6) is 0.583. The normalized spacial score (nSPS) is 14.8. The zero-order chi connectivity index (χ0) is 13.8. The Hall–Kier alpha value is -1.42. The maximum absolute atomic E-state index is 11.8. The SMILES string of the molecule is CCOC(=O)c1c(Cl)ccc(OCC2CCC2)c1N. The number of halogens is 1. The highest BCUT2D eigenvalue weighted by molar-refractivity contribution is 6.34. The summed E-state index contributed by atoms with van der Waals surface area (Å²) in [7, 11) is 0. The topological polar surface area (TPSA) is 61.5 Å². The number of nitrogens with two attached hydrogens (primary N) is 1. The molecular weight excluding hydrogens is 266 g/mol. The number of hydrogen-bond donors (Lipinski definition) is 1. The van der Waals surface area contributed by atoms with Crippen LogP contribution in [0.25, 0.3) is 0 Å². The number of ether oxygens (including phenoxy) is 2. The number of carbonyl (C=O) groups is 1. The van der Waals surface area contributed by atoms with Gasteiger partial charge in [-0.1, -0.05) is 18.0 Å². The second-order valence-corrected chi connectivity index (χ2v) is 5.07. The van der Waals surface area contributed by atoms with Crippen molar-refractivity contribution in [2.45, 2.75) is 26.2 Å². The fourth-order valence-electron chi connectivity index (χ4n) is 1.98. The average Bonchev–Trinajstić information content (AvgIpc) is 2.30. The molecule has 0 amide bonds. The van der Waals surface area contributed by atoms with E-state index in [1.165, 1.54) is 19.3 Å². The lowest BCUT2D eigenvalue weighted by molar-refractivity contribution is 0.0527. The van der Waals surface area contributed by atoms with Crippen LogP contribution in [0.4, 0.5) is 5.69 Å². The van der Waals surface area contributed by atoms with Gasteiger partial charge in [0.05, 0.1) is 23.9 Å². The highest BCUT2D eigenvalue weighted by atomic mass is 35.5. The second-order valence-electron chi connectivity index (χ2n) is 4.66. The van der Waals surface area contributed by atoms with E-state index in [1.54, 1.807) is 19.1 Å². The summed E-state index contributed by atoms with van der Waals surface area (Å²) in [6.45, 7) is 2.65. The van der Waals surface area contributed by atoms with Gasteiger partial charge >= 0.3 is 5.97 Å². The fourth-order valence-corrected chi connectivity index (χ4v) is 2.22. The fraction of sp³-hybridized carbons (Fsp3) is 0.500. The van der Waals surface area contributed by atoms with E-state index in [2.05, 4.69) is 0 Å². The minimum absolute atomic E-state index is 0.189. The predicted molar refractivity (Wildman–Crippen MR) is 74.7 cm³/mol. The van der Waals surface area contributed by atoms with Gasteiger partial charge in [-0.2, -0.15) is 0 Å². The number of anilines is 1. The molecule has 5 heteroatoms. The van der Waals surface area contributed by atoms with E-state index < -0.39 is 5.97 Å². The van der Waals surface area contributed by atoms with Gasteiger partial charge in [-0.05, 0) is 37.8 Å². The maximum atomic E-state index is 11.8. The van der Waals surface area contributed by atoms with E-state index in [4.69, 9.17) is 26.8 Å². The van der Waals surface area contributed by atoms with Crippen LogP contribution in [0.3, 0.4) is 0 Å². The third-order valence-corrected chi connectivity index (χ3v) is 3.65. The molecule has 104 valence electrons. The molecule has 0 bridgehead atoms. The highest BCUT2D eigenvalue weighted by Crippen LogP contribution is 2.33. The van der Waals surface area contributed by atoms with Gasteiger partial charge in [0.2, 0.25) is 0 Å². The lowest BCUT2D eigenvalue weighted by Crippen LogP contribution is -2.20. The first-order chi connectivity index (χ1) is 9.13. The van der Waals surface area contributed by atoms with Gasteiger partial charge in [0, 0.05) is 0 Å². The molecule has 19 heavy (non-hydrogen) atoms. The Labute approximate surface area is 117 Å². The Kier molecular flexibility index (Phi) is 4.53. The van der Waals surface area contributed by atoms with Crippen LogP contribution in [0.1, 0.15) is 36.5 Å². The second kappa shape index (κ2) is 6.15. The minimum Gasteiger partial charge on any atom is -0.491 e. The van der Waals surface area contributed by atoms with Crippen LogP contribution < -0.4 is 10.5 Å². The smallest absolute Gasteiger partial charge is 0.341 e. The first-order valence-corrected chi connectivity index (χ1v) is 6.89. The molecule has 2 N–H and O–H groups in total. The lowest BCUT2D eigenvalue weighted by Gasteiger charge is -2.25. The van der Waals surface area contributed by atoms with Crippen LogP contribution in [0, 0.1) is 5.92 Å². The quantitative estimate of drug-likeness (QED) is 0.665. The minimum atomic E-state index is -0.515. The third-order valence-electron chi connectivity index (χ3n) is 3.33. The van der Waals surface area contributed by atoms with Gasteiger partial charge in [-0.3, -0.25) is 0 Å². The van der Waals surface area contributed by atoms with Crippen LogP contribution in [-0.4, -0.2) is 19.2 Å². The third kappa shape index (κ3) is 3.13. The molecule has 2 rings (SSSR count). The summed E-state index contributed by atoms with van der Waals surface area (Å²) in [4.78, 5) is 11.8. The van der Waals surface area contributed by atoms with Crippen molar-refractivity contribution in [3.8, 4) is 5.75 Å². The molecule has 0 radical (unpaired) electrons. The highest BCUT2D eigenvalue weighted by Gasteiger charge is 2.21. The molecule has 0 saturated heterocycles. The van der Waals surface area contributed by atoms with Crippen molar-refractivity contribution in [1.29, 1.82) is 0 Å². The van der Waals surface area contributed by atoms with E-state index in [0.717, 1.165) is 0 Å². The van der Waals surface area contributed by atoms with Gasteiger partial charge < -0.3 is 15.2 Å². The zero-order valence-corrected chi connectivity index (χ0v) is 11.7. The summed E-state index contributed by atoms with van der Waals surface area (Å²) < 4.78 is 10.6.